The van der Waals surface area contributed by atoms with Crippen molar-refractivity contribution in [2.24, 2.45) is 0 Å². The number of benzene rings is 1. The molecule has 2 atom stereocenters. The average Bonchev–Trinajstić information content (AvgIpc) is 2.29. The van der Waals surface area contributed by atoms with Crippen molar-refractivity contribution >= 4 is 5.97 Å². The van der Waals surface area contributed by atoms with Crippen LogP contribution in [-0.2, 0) is 11.2 Å². The van der Waals surface area contributed by atoms with E-state index >= 15 is 0 Å². The number of fused-ring (bicyclic) bond motifs is 1. The Hall–Kier alpha value is -1.35. The van der Waals surface area contributed by atoms with E-state index in [1.165, 1.54) is 11.1 Å². The van der Waals surface area contributed by atoms with Crippen LogP contribution in [0, 0.1) is 0 Å². The molecule has 2 unspecified atom stereocenters. The SMILES string of the molecule is CC(NC1CCCc2ccccc21)C(=O)O. The Morgan fingerprint density at radius 1 is 1.50 bits per heavy atom. The fraction of sp³-hybridized carbons (Fsp3) is 0.462. The van der Waals surface area contributed by atoms with Gasteiger partial charge >= 0.3 is 5.97 Å². The monoisotopic (exact) mass is 219 g/mol. The van der Waals surface area contributed by atoms with Gasteiger partial charge in [0.05, 0.1) is 0 Å². The number of aryl methyl sites for hydroxylation is 1. The number of hydrogen-bond donors (Lipinski definition) is 2. The minimum atomic E-state index is -0.789. The van der Waals surface area contributed by atoms with Gasteiger partial charge in [-0.2, -0.15) is 0 Å². The summed E-state index contributed by atoms with van der Waals surface area (Å²) in [5.74, 6) is -0.789. The molecule has 86 valence electrons. The molecular formula is C13H17NO2. The lowest BCUT2D eigenvalue weighted by molar-refractivity contribution is -0.139. The van der Waals surface area contributed by atoms with Crippen LogP contribution in [-0.4, -0.2) is 17.1 Å². The number of carboxylic acid groups (broad SMARTS) is 1. The molecule has 3 heteroatoms. The van der Waals surface area contributed by atoms with E-state index in [4.69, 9.17) is 5.11 Å². The molecule has 0 bridgehead atoms. The van der Waals surface area contributed by atoms with Crippen LogP contribution in [0.4, 0.5) is 0 Å². The smallest absolute Gasteiger partial charge is 0.320 e. The van der Waals surface area contributed by atoms with Gasteiger partial charge in [0.15, 0.2) is 0 Å². The summed E-state index contributed by atoms with van der Waals surface area (Å²) in [7, 11) is 0. The zero-order valence-electron chi connectivity index (χ0n) is 9.44. The van der Waals surface area contributed by atoms with Crippen LogP contribution >= 0.6 is 0 Å². The Kier molecular flexibility index (Phi) is 3.25. The topological polar surface area (TPSA) is 49.3 Å². The molecule has 16 heavy (non-hydrogen) atoms. The highest BCUT2D eigenvalue weighted by Gasteiger charge is 2.22. The number of rotatable bonds is 3. The van der Waals surface area contributed by atoms with Gasteiger partial charge < -0.3 is 5.11 Å². The first-order chi connectivity index (χ1) is 7.68. The van der Waals surface area contributed by atoms with Gasteiger partial charge in [-0.25, -0.2) is 0 Å². The van der Waals surface area contributed by atoms with Crippen LogP contribution in [0.15, 0.2) is 24.3 Å². The van der Waals surface area contributed by atoms with E-state index in [9.17, 15) is 4.79 Å². The minimum Gasteiger partial charge on any atom is -0.480 e. The molecule has 0 aromatic heterocycles. The second kappa shape index (κ2) is 4.66. The maximum atomic E-state index is 10.8. The number of carboxylic acids is 1. The van der Waals surface area contributed by atoms with Gasteiger partial charge in [-0.3, -0.25) is 10.1 Å². The molecule has 1 aromatic rings. The fourth-order valence-electron chi connectivity index (χ4n) is 2.30. The zero-order chi connectivity index (χ0) is 11.5. The summed E-state index contributed by atoms with van der Waals surface area (Å²) >= 11 is 0. The van der Waals surface area contributed by atoms with Crippen LogP contribution < -0.4 is 5.32 Å². The van der Waals surface area contributed by atoms with Crippen molar-refractivity contribution in [1.82, 2.24) is 5.32 Å². The molecular weight excluding hydrogens is 202 g/mol. The summed E-state index contributed by atoms with van der Waals surface area (Å²) in [6.07, 6.45) is 3.26. The van der Waals surface area contributed by atoms with Crippen LogP contribution in [0.2, 0.25) is 0 Å². The molecule has 1 aliphatic rings. The summed E-state index contributed by atoms with van der Waals surface area (Å²) in [5, 5.41) is 12.1. The Morgan fingerprint density at radius 2 is 2.25 bits per heavy atom. The van der Waals surface area contributed by atoms with Gasteiger partial charge in [0, 0.05) is 6.04 Å². The standard InChI is InChI=1S/C13H17NO2/c1-9(13(15)16)14-12-8-4-6-10-5-2-3-7-11(10)12/h2-3,5,7,9,12,14H,4,6,8H2,1H3,(H,15,16). The van der Waals surface area contributed by atoms with Crippen LogP contribution in [0.1, 0.15) is 36.9 Å². The number of carbonyl (C=O) groups is 1. The van der Waals surface area contributed by atoms with E-state index in [-0.39, 0.29) is 6.04 Å². The molecule has 0 fully saturated rings. The number of hydrogen-bond acceptors (Lipinski definition) is 2. The Bertz CT molecular complexity index is 389. The van der Waals surface area contributed by atoms with Crippen molar-refractivity contribution in [3.8, 4) is 0 Å². The second-order valence-electron chi connectivity index (χ2n) is 4.37. The van der Waals surface area contributed by atoms with Crippen molar-refractivity contribution < 1.29 is 9.90 Å². The summed E-state index contributed by atoms with van der Waals surface area (Å²) in [6, 6.07) is 7.99. The molecule has 2 rings (SSSR count). The minimum absolute atomic E-state index is 0.191. The second-order valence-corrected chi connectivity index (χ2v) is 4.37. The highest BCUT2D eigenvalue weighted by Crippen LogP contribution is 2.29. The molecule has 0 amide bonds. The van der Waals surface area contributed by atoms with Crippen molar-refractivity contribution in [2.75, 3.05) is 0 Å². The predicted molar refractivity (Wildman–Crippen MR) is 62.4 cm³/mol. The van der Waals surface area contributed by atoms with Crippen molar-refractivity contribution in [3.63, 3.8) is 0 Å². The van der Waals surface area contributed by atoms with E-state index in [0.29, 0.717) is 0 Å². The highest BCUT2D eigenvalue weighted by atomic mass is 16.4. The summed E-state index contributed by atoms with van der Waals surface area (Å²) in [4.78, 5) is 10.8. The average molecular weight is 219 g/mol. The normalized spacial score (nSPS) is 21.2. The molecule has 0 aliphatic heterocycles. The van der Waals surface area contributed by atoms with Crippen LogP contribution in [0.25, 0.3) is 0 Å². The maximum Gasteiger partial charge on any atom is 0.320 e. The van der Waals surface area contributed by atoms with E-state index in [1.54, 1.807) is 6.92 Å². The Balaban J connectivity index is 2.16. The van der Waals surface area contributed by atoms with E-state index < -0.39 is 12.0 Å². The maximum absolute atomic E-state index is 10.8. The zero-order valence-corrected chi connectivity index (χ0v) is 9.44. The molecule has 0 radical (unpaired) electrons. The number of aliphatic carboxylic acids is 1. The van der Waals surface area contributed by atoms with Crippen molar-refractivity contribution in [3.05, 3.63) is 35.4 Å². The Labute approximate surface area is 95.5 Å². The Morgan fingerprint density at radius 3 is 3.00 bits per heavy atom. The van der Waals surface area contributed by atoms with E-state index in [0.717, 1.165) is 19.3 Å². The van der Waals surface area contributed by atoms with Gasteiger partial charge in [0.25, 0.3) is 0 Å². The largest absolute Gasteiger partial charge is 0.480 e. The van der Waals surface area contributed by atoms with Crippen molar-refractivity contribution in [2.45, 2.75) is 38.3 Å². The molecule has 0 heterocycles. The molecule has 1 aliphatic carbocycles. The molecule has 0 saturated carbocycles. The third-order valence-corrected chi connectivity index (χ3v) is 3.19. The third-order valence-electron chi connectivity index (χ3n) is 3.19. The molecule has 2 N–H and O–H groups in total. The van der Waals surface area contributed by atoms with Crippen molar-refractivity contribution in [1.29, 1.82) is 0 Å². The third kappa shape index (κ3) is 2.25. The van der Waals surface area contributed by atoms with E-state index in [1.807, 2.05) is 12.1 Å². The molecule has 0 spiro atoms. The summed E-state index contributed by atoms with van der Waals surface area (Å²) in [5.41, 5.74) is 2.62. The van der Waals surface area contributed by atoms with Crippen LogP contribution in [0.3, 0.4) is 0 Å². The summed E-state index contributed by atoms with van der Waals surface area (Å²) < 4.78 is 0. The first-order valence-corrected chi connectivity index (χ1v) is 5.75. The lowest BCUT2D eigenvalue weighted by Crippen LogP contribution is -2.37. The fourth-order valence-corrected chi connectivity index (χ4v) is 2.30. The quantitative estimate of drug-likeness (QED) is 0.818. The lowest BCUT2D eigenvalue weighted by atomic mass is 9.87. The summed E-state index contributed by atoms with van der Waals surface area (Å²) in [6.45, 7) is 1.69. The lowest BCUT2D eigenvalue weighted by Gasteiger charge is -2.28. The highest BCUT2D eigenvalue weighted by molar-refractivity contribution is 5.72. The van der Waals surface area contributed by atoms with Gasteiger partial charge in [-0.05, 0) is 37.3 Å². The number of nitrogens with one attached hydrogen (secondary N) is 1. The van der Waals surface area contributed by atoms with Gasteiger partial charge in [0.2, 0.25) is 0 Å². The molecule has 1 aromatic carbocycles. The van der Waals surface area contributed by atoms with Crippen LogP contribution in [0.5, 0.6) is 0 Å². The van der Waals surface area contributed by atoms with Gasteiger partial charge in [-0.15, -0.1) is 0 Å². The van der Waals surface area contributed by atoms with Gasteiger partial charge in [0.1, 0.15) is 6.04 Å². The van der Waals surface area contributed by atoms with E-state index in [2.05, 4.69) is 17.4 Å². The van der Waals surface area contributed by atoms with Gasteiger partial charge in [-0.1, -0.05) is 24.3 Å². The predicted octanol–water partition coefficient (Wildman–Crippen LogP) is 2.13. The molecule has 3 nitrogen and oxygen atoms in total. The first-order valence-electron chi connectivity index (χ1n) is 5.75. The first kappa shape index (κ1) is 11.1. The molecule has 0 saturated heterocycles.